The molecule has 1 saturated carbocycles. The van der Waals surface area contributed by atoms with E-state index >= 15 is 0 Å². The molecule has 1 aliphatic rings. The first-order valence-electron chi connectivity index (χ1n) is 7.54. The second-order valence-electron chi connectivity index (χ2n) is 6.44. The minimum Gasteiger partial charge on any atom is -0.310 e. The van der Waals surface area contributed by atoms with E-state index in [2.05, 4.69) is 26.1 Å². The molecule has 1 nitrogen and oxygen atoms in total. The molecule has 1 aromatic carbocycles. The fourth-order valence-corrected chi connectivity index (χ4v) is 3.29. The molecule has 0 saturated heterocycles. The van der Waals surface area contributed by atoms with E-state index in [9.17, 15) is 4.39 Å². The number of benzene rings is 1. The minimum atomic E-state index is -0.157. The summed E-state index contributed by atoms with van der Waals surface area (Å²) in [6.07, 6.45) is 3.96. The molecule has 1 aliphatic carbocycles. The van der Waals surface area contributed by atoms with Crippen molar-refractivity contribution in [2.45, 2.75) is 52.6 Å². The molecule has 1 N–H and O–H groups in total. The van der Waals surface area contributed by atoms with E-state index in [1.54, 1.807) is 12.1 Å². The van der Waals surface area contributed by atoms with Gasteiger partial charge in [0.05, 0.1) is 0 Å². The Kier molecular flexibility index (Phi) is 4.98. The van der Waals surface area contributed by atoms with Crippen LogP contribution in [0.4, 0.5) is 4.39 Å². The van der Waals surface area contributed by atoms with E-state index in [-0.39, 0.29) is 5.82 Å². The van der Waals surface area contributed by atoms with Gasteiger partial charge in [0.1, 0.15) is 5.82 Å². The van der Waals surface area contributed by atoms with Crippen LogP contribution < -0.4 is 5.32 Å². The second kappa shape index (κ2) is 6.51. The Morgan fingerprint density at radius 2 is 1.89 bits per heavy atom. The van der Waals surface area contributed by atoms with Crippen LogP contribution in [0.3, 0.4) is 0 Å². The number of hydrogen-bond acceptors (Lipinski definition) is 1. The predicted octanol–water partition coefficient (Wildman–Crippen LogP) is 4.38. The molecule has 19 heavy (non-hydrogen) atoms. The van der Waals surface area contributed by atoms with E-state index in [4.69, 9.17) is 0 Å². The Hall–Kier alpha value is -0.890. The van der Waals surface area contributed by atoms with Gasteiger partial charge in [-0.2, -0.15) is 0 Å². The summed E-state index contributed by atoms with van der Waals surface area (Å²) in [4.78, 5) is 0. The summed E-state index contributed by atoms with van der Waals surface area (Å²) >= 11 is 0. The summed E-state index contributed by atoms with van der Waals surface area (Å²) in [7, 11) is 0. The van der Waals surface area contributed by atoms with E-state index in [1.807, 2.05) is 12.1 Å². The van der Waals surface area contributed by atoms with Gasteiger partial charge in [-0.3, -0.25) is 0 Å². The maximum absolute atomic E-state index is 12.9. The van der Waals surface area contributed by atoms with Gasteiger partial charge in [0, 0.05) is 12.6 Å². The van der Waals surface area contributed by atoms with Gasteiger partial charge in [-0.1, -0.05) is 39.3 Å². The summed E-state index contributed by atoms with van der Waals surface area (Å²) < 4.78 is 12.9. The van der Waals surface area contributed by atoms with E-state index < -0.39 is 0 Å². The predicted molar refractivity (Wildman–Crippen MR) is 78.4 cm³/mol. The molecular weight excluding hydrogens is 237 g/mol. The van der Waals surface area contributed by atoms with Gasteiger partial charge in [0.15, 0.2) is 0 Å². The van der Waals surface area contributed by atoms with Crippen molar-refractivity contribution in [2.24, 2.45) is 17.8 Å². The smallest absolute Gasteiger partial charge is 0.123 e. The zero-order valence-corrected chi connectivity index (χ0v) is 12.3. The quantitative estimate of drug-likeness (QED) is 0.850. The van der Waals surface area contributed by atoms with Gasteiger partial charge in [-0.05, 0) is 48.3 Å². The van der Waals surface area contributed by atoms with Crippen LogP contribution in [0, 0.1) is 23.6 Å². The number of nitrogens with one attached hydrogen (secondary N) is 1. The number of hydrogen-bond donors (Lipinski definition) is 1. The van der Waals surface area contributed by atoms with Crippen LogP contribution >= 0.6 is 0 Å². The Morgan fingerprint density at radius 3 is 2.53 bits per heavy atom. The molecule has 0 aromatic heterocycles. The topological polar surface area (TPSA) is 12.0 Å². The maximum Gasteiger partial charge on any atom is 0.123 e. The van der Waals surface area contributed by atoms with Crippen LogP contribution in [0.25, 0.3) is 0 Å². The molecule has 0 spiro atoms. The Morgan fingerprint density at radius 1 is 1.21 bits per heavy atom. The molecule has 0 bridgehead atoms. The van der Waals surface area contributed by atoms with Crippen molar-refractivity contribution in [2.75, 3.05) is 0 Å². The van der Waals surface area contributed by atoms with Crippen molar-refractivity contribution in [3.05, 3.63) is 35.6 Å². The van der Waals surface area contributed by atoms with Gasteiger partial charge in [0.2, 0.25) is 0 Å². The summed E-state index contributed by atoms with van der Waals surface area (Å²) in [6.45, 7) is 7.85. The van der Waals surface area contributed by atoms with Crippen LogP contribution in [0.1, 0.15) is 45.6 Å². The zero-order valence-electron chi connectivity index (χ0n) is 12.3. The molecule has 0 heterocycles. The first-order valence-corrected chi connectivity index (χ1v) is 7.54. The normalized spacial score (nSPS) is 27.7. The molecule has 0 amide bonds. The van der Waals surface area contributed by atoms with Crippen molar-refractivity contribution < 1.29 is 4.39 Å². The van der Waals surface area contributed by atoms with Crippen molar-refractivity contribution >= 4 is 0 Å². The van der Waals surface area contributed by atoms with Gasteiger partial charge in [0.25, 0.3) is 0 Å². The minimum absolute atomic E-state index is 0.157. The van der Waals surface area contributed by atoms with Crippen LogP contribution in [-0.2, 0) is 6.54 Å². The van der Waals surface area contributed by atoms with Gasteiger partial charge in [-0.25, -0.2) is 4.39 Å². The van der Waals surface area contributed by atoms with Gasteiger partial charge in [-0.15, -0.1) is 0 Å². The Bertz CT molecular complexity index is 385. The molecule has 2 heteroatoms. The Labute approximate surface area is 116 Å². The first-order chi connectivity index (χ1) is 9.06. The highest BCUT2D eigenvalue weighted by Crippen LogP contribution is 2.33. The van der Waals surface area contributed by atoms with Crippen molar-refractivity contribution in [3.63, 3.8) is 0 Å². The summed E-state index contributed by atoms with van der Waals surface area (Å²) in [6, 6.07) is 7.44. The third-order valence-electron chi connectivity index (χ3n) is 4.50. The van der Waals surface area contributed by atoms with Crippen LogP contribution in [-0.4, -0.2) is 6.04 Å². The average molecular weight is 263 g/mol. The monoisotopic (exact) mass is 263 g/mol. The summed E-state index contributed by atoms with van der Waals surface area (Å²) in [5.74, 6) is 2.17. The fraction of sp³-hybridized carbons (Fsp3) is 0.647. The molecule has 2 rings (SSSR count). The van der Waals surface area contributed by atoms with Gasteiger partial charge < -0.3 is 5.32 Å². The number of halogens is 1. The number of rotatable bonds is 4. The second-order valence-corrected chi connectivity index (χ2v) is 6.44. The highest BCUT2D eigenvalue weighted by molar-refractivity contribution is 5.15. The van der Waals surface area contributed by atoms with Crippen molar-refractivity contribution in [3.8, 4) is 0 Å². The SMILES string of the molecule is CC1CCC(C(C)C)C(NCc2ccc(F)cc2)C1. The standard InChI is InChI=1S/C17H26FN/c1-12(2)16-9-4-13(3)10-17(16)19-11-14-5-7-15(18)8-6-14/h5-8,12-13,16-17,19H,4,9-11H2,1-3H3. The van der Waals surface area contributed by atoms with Gasteiger partial charge >= 0.3 is 0 Å². The van der Waals surface area contributed by atoms with Crippen molar-refractivity contribution in [1.82, 2.24) is 5.32 Å². The highest BCUT2D eigenvalue weighted by Gasteiger charge is 2.30. The molecule has 3 atom stereocenters. The van der Waals surface area contributed by atoms with Crippen LogP contribution in [0.5, 0.6) is 0 Å². The molecule has 3 unspecified atom stereocenters. The Balaban J connectivity index is 1.93. The molecule has 1 fully saturated rings. The molecular formula is C17H26FN. The highest BCUT2D eigenvalue weighted by atomic mass is 19.1. The molecule has 0 aliphatic heterocycles. The summed E-state index contributed by atoms with van der Waals surface area (Å²) in [5.41, 5.74) is 1.17. The lowest BCUT2D eigenvalue weighted by Gasteiger charge is -2.38. The fourth-order valence-electron chi connectivity index (χ4n) is 3.29. The first kappa shape index (κ1) is 14.5. The third kappa shape index (κ3) is 4.04. The van der Waals surface area contributed by atoms with E-state index in [0.717, 1.165) is 24.3 Å². The zero-order chi connectivity index (χ0) is 13.8. The largest absolute Gasteiger partial charge is 0.310 e. The average Bonchev–Trinajstić information content (AvgIpc) is 2.38. The molecule has 1 aromatic rings. The van der Waals surface area contributed by atoms with E-state index in [1.165, 1.54) is 24.8 Å². The maximum atomic E-state index is 12.9. The lowest BCUT2D eigenvalue weighted by Crippen LogP contribution is -2.42. The lowest BCUT2D eigenvalue weighted by molar-refractivity contribution is 0.169. The van der Waals surface area contributed by atoms with E-state index in [0.29, 0.717) is 6.04 Å². The van der Waals surface area contributed by atoms with Crippen LogP contribution in [0.2, 0.25) is 0 Å². The van der Waals surface area contributed by atoms with Crippen LogP contribution in [0.15, 0.2) is 24.3 Å². The third-order valence-corrected chi connectivity index (χ3v) is 4.50. The van der Waals surface area contributed by atoms with Crippen molar-refractivity contribution in [1.29, 1.82) is 0 Å². The lowest BCUT2D eigenvalue weighted by atomic mass is 9.74. The molecule has 106 valence electrons. The summed E-state index contributed by atoms with van der Waals surface area (Å²) in [5, 5.41) is 3.70. The molecule has 0 radical (unpaired) electrons.